The van der Waals surface area contributed by atoms with Gasteiger partial charge < -0.3 is 4.18 Å². The molecule has 1 rings (SSSR count). The molecule has 4 heteroatoms. The Balaban J connectivity index is 1.99. The molecule has 0 aliphatic carbocycles. The normalized spacial score (nSPS) is 26.2. The van der Waals surface area contributed by atoms with Crippen molar-refractivity contribution in [2.75, 3.05) is 32.5 Å². The Morgan fingerprint density at radius 3 is 3.09 bits per heavy atom. The predicted octanol–water partition coefficient (Wildman–Crippen LogP) is 1.32. The SMILES string of the molecule is CSOCCN1CCC(F)C1. The van der Waals surface area contributed by atoms with Crippen molar-refractivity contribution in [1.82, 2.24) is 4.90 Å². The Labute approximate surface area is 71.3 Å². The van der Waals surface area contributed by atoms with Crippen LogP contribution in [0.2, 0.25) is 0 Å². The minimum absolute atomic E-state index is 0.595. The first-order valence-corrected chi connectivity index (χ1v) is 5.00. The van der Waals surface area contributed by atoms with Crippen LogP contribution in [0.5, 0.6) is 0 Å². The minimum Gasteiger partial charge on any atom is -0.314 e. The van der Waals surface area contributed by atoms with Gasteiger partial charge in [-0.3, -0.25) is 4.90 Å². The van der Waals surface area contributed by atoms with Crippen LogP contribution in [0.1, 0.15) is 6.42 Å². The quantitative estimate of drug-likeness (QED) is 0.477. The Morgan fingerprint density at radius 2 is 2.55 bits per heavy atom. The summed E-state index contributed by atoms with van der Waals surface area (Å²) in [5.74, 6) is 0. The van der Waals surface area contributed by atoms with Gasteiger partial charge >= 0.3 is 0 Å². The standard InChI is InChI=1S/C7H14FNOS/c1-11-10-5-4-9-3-2-7(8)6-9/h7H,2-6H2,1H3. The van der Waals surface area contributed by atoms with E-state index < -0.39 is 6.17 Å². The lowest BCUT2D eigenvalue weighted by Crippen LogP contribution is -2.24. The average molecular weight is 179 g/mol. The summed E-state index contributed by atoms with van der Waals surface area (Å²) in [5, 5.41) is 0. The molecule has 0 bridgehead atoms. The maximum Gasteiger partial charge on any atom is 0.114 e. The van der Waals surface area contributed by atoms with Gasteiger partial charge in [-0.05, 0) is 18.5 Å². The lowest BCUT2D eigenvalue weighted by molar-refractivity contribution is 0.243. The van der Waals surface area contributed by atoms with E-state index in [0.717, 1.165) is 13.1 Å². The number of alkyl halides is 1. The van der Waals surface area contributed by atoms with Crippen LogP contribution >= 0.6 is 12.0 Å². The van der Waals surface area contributed by atoms with Gasteiger partial charge in [-0.15, -0.1) is 0 Å². The van der Waals surface area contributed by atoms with Crippen LogP contribution < -0.4 is 0 Å². The highest BCUT2D eigenvalue weighted by Gasteiger charge is 2.20. The Hall–Kier alpha value is 0.200. The molecule has 0 saturated carbocycles. The van der Waals surface area contributed by atoms with Crippen molar-refractivity contribution >= 4 is 12.0 Å². The molecule has 1 aliphatic rings. The van der Waals surface area contributed by atoms with Crippen LogP contribution in [0.3, 0.4) is 0 Å². The van der Waals surface area contributed by atoms with Gasteiger partial charge in [-0.2, -0.15) is 0 Å². The topological polar surface area (TPSA) is 12.5 Å². The van der Waals surface area contributed by atoms with Crippen LogP contribution in [-0.4, -0.2) is 43.6 Å². The molecular weight excluding hydrogens is 165 g/mol. The molecule has 1 saturated heterocycles. The van der Waals surface area contributed by atoms with E-state index in [1.54, 1.807) is 0 Å². The summed E-state index contributed by atoms with van der Waals surface area (Å²) < 4.78 is 17.7. The summed E-state index contributed by atoms with van der Waals surface area (Å²) in [6.07, 6.45) is 1.98. The van der Waals surface area contributed by atoms with Crippen molar-refractivity contribution in [3.63, 3.8) is 0 Å². The largest absolute Gasteiger partial charge is 0.314 e. The summed E-state index contributed by atoms with van der Waals surface area (Å²) in [6.45, 7) is 3.05. The summed E-state index contributed by atoms with van der Waals surface area (Å²) in [6, 6.07) is 0. The van der Waals surface area contributed by atoms with Gasteiger partial charge in [-0.25, -0.2) is 4.39 Å². The summed E-state index contributed by atoms with van der Waals surface area (Å²) in [7, 11) is 0. The number of halogens is 1. The molecule has 1 atom stereocenters. The summed E-state index contributed by atoms with van der Waals surface area (Å²) in [5.41, 5.74) is 0. The van der Waals surface area contributed by atoms with Crippen LogP contribution in [0.25, 0.3) is 0 Å². The molecule has 0 N–H and O–H groups in total. The first-order valence-electron chi connectivity index (χ1n) is 3.85. The van der Waals surface area contributed by atoms with Crippen molar-refractivity contribution in [2.45, 2.75) is 12.6 Å². The van der Waals surface area contributed by atoms with Gasteiger partial charge in [0.1, 0.15) is 6.17 Å². The van der Waals surface area contributed by atoms with E-state index >= 15 is 0 Å². The second-order valence-electron chi connectivity index (χ2n) is 2.68. The van der Waals surface area contributed by atoms with Crippen LogP contribution in [0.4, 0.5) is 4.39 Å². The predicted molar refractivity (Wildman–Crippen MR) is 45.4 cm³/mol. The zero-order valence-electron chi connectivity index (χ0n) is 6.75. The van der Waals surface area contributed by atoms with Crippen LogP contribution in [0, 0.1) is 0 Å². The maximum absolute atomic E-state index is 12.6. The fourth-order valence-electron chi connectivity index (χ4n) is 1.24. The molecule has 0 aromatic heterocycles. The van der Waals surface area contributed by atoms with E-state index in [0.29, 0.717) is 19.6 Å². The monoisotopic (exact) mass is 179 g/mol. The maximum atomic E-state index is 12.6. The van der Waals surface area contributed by atoms with E-state index in [-0.39, 0.29) is 0 Å². The Kier molecular flexibility index (Phi) is 4.18. The highest BCUT2D eigenvalue weighted by atomic mass is 32.2. The van der Waals surface area contributed by atoms with E-state index in [2.05, 4.69) is 4.90 Å². The summed E-state index contributed by atoms with van der Waals surface area (Å²) in [4.78, 5) is 2.10. The number of rotatable bonds is 4. The van der Waals surface area contributed by atoms with E-state index in [1.165, 1.54) is 12.0 Å². The first kappa shape index (κ1) is 9.29. The fraction of sp³-hybridized carbons (Fsp3) is 1.00. The lowest BCUT2D eigenvalue weighted by Gasteiger charge is -2.12. The van der Waals surface area contributed by atoms with E-state index in [9.17, 15) is 4.39 Å². The Bertz CT molecular complexity index is 115. The van der Waals surface area contributed by atoms with Crippen LogP contribution in [0.15, 0.2) is 0 Å². The highest BCUT2D eigenvalue weighted by Crippen LogP contribution is 2.11. The van der Waals surface area contributed by atoms with Gasteiger partial charge in [0.2, 0.25) is 0 Å². The van der Waals surface area contributed by atoms with Crippen molar-refractivity contribution in [2.24, 2.45) is 0 Å². The molecule has 0 amide bonds. The third-order valence-electron chi connectivity index (χ3n) is 1.82. The second kappa shape index (κ2) is 4.95. The van der Waals surface area contributed by atoms with E-state index in [1.807, 2.05) is 6.26 Å². The molecule has 0 aromatic rings. The van der Waals surface area contributed by atoms with Gasteiger partial charge in [0.15, 0.2) is 0 Å². The zero-order chi connectivity index (χ0) is 8.10. The molecule has 0 radical (unpaired) electrons. The van der Waals surface area contributed by atoms with Gasteiger partial charge in [-0.1, -0.05) is 0 Å². The average Bonchev–Trinajstić information content (AvgIpc) is 2.37. The summed E-state index contributed by atoms with van der Waals surface area (Å²) >= 11 is 1.37. The van der Waals surface area contributed by atoms with Crippen molar-refractivity contribution in [3.05, 3.63) is 0 Å². The van der Waals surface area contributed by atoms with Gasteiger partial charge in [0.05, 0.1) is 6.61 Å². The molecule has 2 nitrogen and oxygen atoms in total. The zero-order valence-corrected chi connectivity index (χ0v) is 7.57. The second-order valence-corrected chi connectivity index (χ2v) is 3.24. The smallest absolute Gasteiger partial charge is 0.114 e. The third kappa shape index (κ3) is 3.40. The molecule has 1 unspecified atom stereocenters. The number of hydrogen-bond acceptors (Lipinski definition) is 3. The van der Waals surface area contributed by atoms with Crippen molar-refractivity contribution in [3.8, 4) is 0 Å². The number of likely N-dealkylation sites (tertiary alicyclic amines) is 1. The highest BCUT2D eigenvalue weighted by molar-refractivity contribution is 7.93. The molecule has 0 spiro atoms. The minimum atomic E-state index is -0.607. The fourth-order valence-corrected chi connectivity index (χ4v) is 1.48. The molecule has 11 heavy (non-hydrogen) atoms. The molecule has 0 aromatic carbocycles. The van der Waals surface area contributed by atoms with Crippen molar-refractivity contribution < 1.29 is 8.57 Å². The lowest BCUT2D eigenvalue weighted by atomic mass is 10.3. The molecule has 66 valence electrons. The Morgan fingerprint density at radius 1 is 1.73 bits per heavy atom. The third-order valence-corrected chi connectivity index (χ3v) is 2.23. The molecular formula is C7H14FNOS. The molecule has 1 fully saturated rings. The van der Waals surface area contributed by atoms with Gasteiger partial charge in [0, 0.05) is 25.9 Å². The molecule has 1 aliphatic heterocycles. The number of nitrogens with zero attached hydrogens (tertiary/aromatic N) is 1. The number of hydrogen-bond donors (Lipinski definition) is 0. The van der Waals surface area contributed by atoms with E-state index in [4.69, 9.17) is 4.18 Å². The van der Waals surface area contributed by atoms with Crippen LogP contribution in [-0.2, 0) is 4.18 Å². The molecule has 1 heterocycles. The van der Waals surface area contributed by atoms with Gasteiger partial charge in [0.25, 0.3) is 0 Å². The first-order chi connectivity index (χ1) is 5.33. The van der Waals surface area contributed by atoms with Crippen molar-refractivity contribution in [1.29, 1.82) is 0 Å².